The van der Waals surface area contributed by atoms with E-state index in [2.05, 4.69) is 21.8 Å². The second kappa shape index (κ2) is 6.65. The average molecular weight is 271 g/mol. The molecular formula is C15H17N3O2. The van der Waals surface area contributed by atoms with E-state index in [1.165, 1.54) is 0 Å². The van der Waals surface area contributed by atoms with Gasteiger partial charge in [-0.15, -0.1) is 0 Å². The fourth-order valence-electron chi connectivity index (χ4n) is 1.93. The molecule has 20 heavy (non-hydrogen) atoms. The molecule has 0 amide bonds. The highest BCUT2D eigenvalue weighted by atomic mass is 16.4. The van der Waals surface area contributed by atoms with Crippen LogP contribution < -0.4 is 4.90 Å². The van der Waals surface area contributed by atoms with Gasteiger partial charge in [0.05, 0.1) is 5.56 Å². The van der Waals surface area contributed by atoms with E-state index >= 15 is 0 Å². The average Bonchev–Trinajstić information content (AvgIpc) is 2.49. The van der Waals surface area contributed by atoms with Crippen molar-refractivity contribution in [1.29, 1.82) is 0 Å². The molecule has 0 saturated heterocycles. The van der Waals surface area contributed by atoms with Gasteiger partial charge in [-0.1, -0.05) is 12.1 Å². The second-order valence-electron chi connectivity index (χ2n) is 4.38. The molecule has 1 aromatic carbocycles. The SMILES string of the molecule is CCN(CCc1ccc(C(=O)O)cc1)c1ncccn1. The third-order valence-electron chi connectivity index (χ3n) is 3.09. The van der Waals surface area contributed by atoms with Crippen molar-refractivity contribution in [2.75, 3.05) is 18.0 Å². The van der Waals surface area contributed by atoms with Gasteiger partial charge < -0.3 is 10.0 Å². The highest BCUT2D eigenvalue weighted by molar-refractivity contribution is 5.87. The van der Waals surface area contributed by atoms with Crippen molar-refractivity contribution in [3.63, 3.8) is 0 Å². The molecule has 0 fully saturated rings. The molecule has 0 aliphatic rings. The Hall–Kier alpha value is -2.43. The van der Waals surface area contributed by atoms with Crippen molar-refractivity contribution in [3.8, 4) is 0 Å². The van der Waals surface area contributed by atoms with Gasteiger partial charge in [0.2, 0.25) is 5.95 Å². The fourth-order valence-corrected chi connectivity index (χ4v) is 1.93. The van der Waals surface area contributed by atoms with Crippen LogP contribution in [0.5, 0.6) is 0 Å². The Morgan fingerprint density at radius 3 is 2.40 bits per heavy atom. The first-order valence-electron chi connectivity index (χ1n) is 6.55. The Labute approximate surface area is 117 Å². The zero-order valence-corrected chi connectivity index (χ0v) is 11.4. The quantitative estimate of drug-likeness (QED) is 0.872. The highest BCUT2D eigenvalue weighted by Gasteiger charge is 2.07. The van der Waals surface area contributed by atoms with Crippen molar-refractivity contribution in [2.45, 2.75) is 13.3 Å². The maximum absolute atomic E-state index is 10.8. The zero-order valence-electron chi connectivity index (χ0n) is 11.4. The van der Waals surface area contributed by atoms with Crippen LogP contribution in [0.15, 0.2) is 42.7 Å². The van der Waals surface area contributed by atoms with Gasteiger partial charge in [-0.2, -0.15) is 0 Å². The first-order valence-corrected chi connectivity index (χ1v) is 6.55. The normalized spacial score (nSPS) is 10.2. The predicted molar refractivity (Wildman–Crippen MR) is 77.0 cm³/mol. The number of hydrogen-bond acceptors (Lipinski definition) is 4. The number of likely N-dealkylation sites (N-methyl/N-ethyl adjacent to an activating group) is 1. The number of aromatic carboxylic acids is 1. The fraction of sp³-hybridized carbons (Fsp3) is 0.267. The Morgan fingerprint density at radius 2 is 1.85 bits per heavy atom. The third-order valence-corrected chi connectivity index (χ3v) is 3.09. The van der Waals surface area contributed by atoms with Crippen LogP contribution in [0.3, 0.4) is 0 Å². The van der Waals surface area contributed by atoms with Gasteiger partial charge in [-0.05, 0) is 37.1 Å². The maximum Gasteiger partial charge on any atom is 0.335 e. The summed E-state index contributed by atoms with van der Waals surface area (Å²) < 4.78 is 0. The highest BCUT2D eigenvalue weighted by Crippen LogP contribution is 2.09. The van der Waals surface area contributed by atoms with Crippen LogP contribution in [-0.2, 0) is 6.42 Å². The smallest absolute Gasteiger partial charge is 0.335 e. The van der Waals surface area contributed by atoms with Crippen LogP contribution in [-0.4, -0.2) is 34.1 Å². The molecule has 1 N–H and O–H groups in total. The minimum Gasteiger partial charge on any atom is -0.478 e. The van der Waals surface area contributed by atoms with Crippen LogP contribution in [0, 0.1) is 0 Å². The molecule has 0 aliphatic carbocycles. The van der Waals surface area contributed by atoms with Crippen LogP contribution in [0.2, 0.25) is 0 Å². The topological polar surface area (TPSA) is 66.3 Å². The van der Waals surface area contributed by atoms with Gasteiger partial charge in [0.15, 0.2) is 0 Å². The lowest BCUT2D eigenvalue weighted by Gasteiger charge is -2.20. The predicted octanol–water partition coefficient (Wildman–Crippen LogP) is 2.24. The summed E-state index contributed by atoms with van der Waals surface area (Å²) in [5, 5.41) is 8.86. The van der Waals surface area contributed by atoms with Gasteiger partial charge in [-0.25, -0.2) is 14.8 Å². The first-order chi connectivity index (χ1) is 9.70. The number of nitrogens with zero attached hydrogens (tertiary/aromatic N) is 3. The number of benzene rings is 1. The zero-order chi connectivity index (χ0) is 14.4. The number of hydrogen-bond donors (Lipinski definition) is 1. The molecule has 0 atom stereocenters. The number of anilines is 1. The minimum absolute atomic E-state index is 0.312. The largest absolute Gasteiger partial charge is 0.478 e. The molecule has 0 unspecified atom stereocenters. The summed E-state index contributed by atoms with van der Waals surface area (Å²) in [6, 6.07) is 8.76. The summed E-state index contributed by atoms with van der Waals surface area (Å²) >= 11 is 0. The molecule has 0 saturated carbocycles. The summed E-state index contributed by atoms with van der Waals surface area (Å²) in [5.41, 5.74) is 1.41. The Bertz CT molecular complexity index is 555. The molecule has 0 spiro atoms. The molecule has 0 aliphatic heterocycles. The summed E-state index contributed by atoms with van der Waals surface area (Å²) in [6.45, 7) is 3.69. The van der Waals surface area contributed by atoms with Gasteiger partial charge in [0.25, 0.3) is 0 Å². The van der Waals surface area contributed by atoms with E-state index in [0.717, 1.165) is 31.0 Å². The molecular weight excluding hydrogens is 254 g/mol. The molecule has 104 valence electrons. The number of rotatable bonds is 6. The lowest BCUT2D eigenvalue weighted by atomic mass is 10.1. The van der Waals surface area contributed by atoms with E-state index in [4.69, 9.17) is 5.11 Å². The number of aromatic nitrogens is 2. The molecule has 2 aromatic rings. The van der Waals surface area contributed by atoms with E-state index in [9.17, 15) is 4.79 Å². The van der Waals surface area contributed by atoms with Crippen LogP contribution in [0.1, 0.15) is 22.8 Å². The van der Waals surface area contributed by atoms with Crippen molar-refractivity contribution >= 4 is 11.9 Å². The molecule has 1 aromatic heterocycles. The van der Waals surface area contributed by atoms with Gasteiger partial charge >= 0.3 is 5.97 Å². The summed E-state index contributed by atoms with van der Waals surface area (Å²) in [5.74, 6) is -0.179. The second-order valence-corrected chi connectivity index (χ2v) is 4.38. The molecule has 0 radical (unpaired) electrons. The van der Waals surface area contributed by atoms with Gasteiger partial charge in [0, 0.05) is 25.5 Å². The van der Waals surface area contributed by atoms with Crippen molar-refractivity contribution < 1.29 is 9.90 Å². The third kappa shape index (κ3) is 3.54. The Balaban J connectivity index is 1.98. The molecule has 5 nitrogen and oxygen atoms in total. The lowest BCUT2D eigenvalue weighted by molar-refractivity contribution is 0.0697. The van der Waals surface area contributed by atoms with Crippen LogP contribution in [0.25, 0.3) is 0 Å². The molecule has 2 rings (SSSR count). The Morgan fingerprint density at radius 1 is 1.20 bits per heavy atom. The molecule has 5 heteroatoms. The number of carbonyl (C=O) groups is 1. The molecule has 1 heterocycles. The minimum atomic E-state index is -0.899. The lowest BCUT2D eigenvalue weighted by Crippen LogP contribution is -2.27. The van der Waals surface area contributed by atoms with Gasteiger partial charge in [0.1, 0.15) is 0 Å². The van der Waals surface area contributed by atoms with E-state index in [-0.39, 0.29) is 0 Å². The first kappa shape index (κ1) is 14.0. The van der Waals surface area contributed by atoms with Gasteiger partial charge in [-0.3, -0.25) is 0 Å². The summed E-state index contributed by atoms with van der Waals surface area (Å²) in [6.07, 6.45) is 4.28. The van der Waals surface area contributed by atoms with Crippen molar-refractivity contribution in [2.24, 2.45) is 0 Å². The number of carboxylic acid groups (broad SMARTS) is 1. The number of carboxylic acids is 1. The van der Waals surface area contributed by atoms with E-state index in [1.807, 2.05) is 12.1 Å². The van der Waals surface area contributed by atoms with Crippen LogP contribution >= 0.6 is 0 Å². The van der Waals surface area contributed by atoms with Crippen LogP contribution in [0.4, 0.5) is 5.95 Å². The van der Waals surface area contributed by atoms with E-state index in [0.29, 0.717) is 5.56 Å². The molecule has 0 bridgehead atoms. The Kier molecular flexibility index (Phi) is 4.65. The van der Waals surface area contributed by atoms with Crippen molar-refractivity contribution in [1.82, 2.24) is 9.97 Å². The van der Waals surface area contributed by atoms with E-state index < -0.39 is 5.97 Å². The summed E-state index contributed by atoms with van der Waals surface area (Å²) in [7, 11) is 0. The maximum atomic E-state index is 10.8. The standard InChI is InChI=1S/C15H17N3O2/c1-2-18(15-16-9-3-10-17-15)11-8-12-4-6-13(7-5-12)14(19)20/h3-7,9-10H,2,8,11H2,1H3,(H,19,20). The summed E-state index contributed by atoms with van der Waals surface area (Å²) in [4.78, 5) is 21.3. The van der Waals surface area contributed by atoms with E-state index in [1.54, 1.807) is 30.6 Å². The van der Waals surface area contributed by atoms with Crippen molar-refractivity contribution in [3.05, 3.63) is 53.9 Å². The monoisotopic (exact) mass is 271 g/mol.